The molecule has 3 N–H and O–H groups in total. The van der Waals surface area contributed by atoms with Crippen LogP contribution in [0.3, 0.4) is 0 Å². The van der Waals surface area contributed by atoms with E-state index in [1.807, 2.05) is 0 Å². The van der Waals surface area contributed by atoms with Gasteiger partial charge in [0, 0.05) is 18.1 Å². The van der Waals surface area contributed by atoms with E-state index in [-0.39, 0.29) is 0 Å². The molecule has 84 valence electrons. The van der Waals surface area contributed by atoms with Crippen LogP contribution in [0.5, 0.6) is 0 Å². The number of anilines is 1. The van der Waals surface area contributed by atoms with Crippen molar-refractivity contribution in [3.05, 3.63) is 5.69 Å². The Morgan fingerprint density at radius 2 is 2.00 bits per heavy atom. The van der Waals surface area contributed by atoms with Crippen LogP contribution >= 0.6 is 11.5 Å². The van der Waals surface area contributed by atoms with Gasteiger partial charge in [0.25, 0.3) is 0 Å². The molecule has 0 aliphatic carbocycles. The number of hydrazine groups is 1. The number of nitrogens with two attached hydrogens (primary N) is 1. The molecule has 0 spiro atoms. The fraction of sp³-hybridized carbons (Fsp3) is 0.778. The Balaban J connectivity index is 1.94. The summed E-state index contributed by atoms with van der Waals surface area (Å²) in [6, 6.07) is 0. The summed E-state index contributed by atoms with van der Waals surface area (Å²) in [4.78, 5) is 2.44. The van der Waals surface area contributed by atoms with Gasteiger partial charge in [-0.25, -0.2) is 5.84 Å². The summed E-state index contributed by atoms with van der Waals surface area (Å²) >= 11 is 1.32. The molecule has 2 rings (SSSR count). The Morgan fingerprint density at radius 3 is 2.67 bits per heavy atom. The topological polar surface area (TPSA) is 67.1 Å². The zero-order valence-corrected chi connectivity index (χ0v) is 9.59. The number of nitrogens with one attached hydrogen (secondary N) is 1. The van der Waals surface area contributed by atoms with E-state index in [4.69, 9.17) is 5.84 Å². The van der Waals surface area contributed by atoms with Crippen LogP contribution in [0, 0.1) is 0 Å². The molecule has 0 saturated carbocycles. The zero-order chi connectivity index (χ0) is 10.5. The van der Waals surface area contributed by atoms with Gasteiger partial charge in [-0.15, -0.1) is 5.10 Å². The van der Waals surface area contributed by atoms with Crippen molar-refractivity contribution in [2.75, 3.05) is 18.5 Å². The first-order valence-electron chi connectivity index (χ1n) is 5.40. The first-order valence-corrected chi connectivity index (χ1v) is 6.17. The minimum absolute atomic E-state index is 0.871. The van der Waals surface area contributed by atoms with Crippen molar-refractivity contribution >= 4 is 16.5 Å². The first-order chi connectivity index (χ1) is 7.40. The van der Waals surface area contributed by atoms with Gasteiger partial charge < -0.3 is 5.43 Å². The third-order valence-corrected chi connectivity index (χ3v) is 3.46. The van der Waals surface area contributed by atoms with Crippen LogP contribution in [-0.4, -0.2) is 27.6 Å². The standard InChI is InChI=1S/C9H17N5S/c10-11-9-8(12-13-15-9)7-14-5-3-1-2-4-6-14/h11H,1-7,10H2. The minimum Gasteiger partial charge on any atom is -0.313 e. The molecule has 1 aromatic heterocycles. The number of hydrogen-bond acceptors (Lipinski definition) is 6. The summed E-state index contributed by atoms with van der Waals surface area (Å²) in [5, 5.41) is 4.98. The quantitative estimate of drug-likeness (QED) is 0.600. The van der Waals surface area contributed by atoms with Crippen molar-refractivity contribution in [1.29, 1.82) is 0 Å². The second kappa shape index (κ2) is 5.39. The maximum atomic E-state index is 5.39. The Bertz CT molecular complexity index is 292. The largest absolute Gasteiger partial charge is 0.313 e. The Labute approximate surface area is 93.8 Å². The van der Waals surface area contributed by atoms with Gasteiger partial charge in [-0.3, -0.25) is 4.90 Å². The van der Waals surface area contributed by atoms with Crippen molar-refractivity contribution in [2.24, 2.45) is 5.84 Å². The van der Waals surface area contributed by atoms with Gasteiger partial charge >= 0.3 is 0 Å². The second-order valence-corrected chi connectivity index (χ2v) is 4.64. The molecule has 1 saturated heterocycles. The van der Waals surface area contributed by atoms with E-state index in [1.54, 1.807) is 0 Å². The van der Waals surface area contributed by atoms with Crippen molar-refractivity contribution in [1.82, 2.24) is 14.5 Å². The molecule has 0 radical (unpaired) electrons. The maximum Gasteiger partial charge on any atom is 0.148 e. The molecule has 0 bridgehead atoms. The molecule has 15 heavy (non-hydrogen) atoms. The summed E-state index contributed by atoms with van der Waals surface area (Å²) in [7, 11) is 0. The molecule has 5 nitrogen and oxygen atoms in total. The SMILES string of the molecule is NNc1snnc1CN1CCCCCC1. The van der Waals surface area contributed by atoms with Crippen LogP contribution < -0.4 is 11.3 Å². The second-order valence-electron chi connectivity index (χ2n) is 3.88. The average Bonchev–Trinajstić information content (AvgIpc) is 2.53. The van der Waals surface area contributed by atoms with Crippen LogP contribution in [-0.2, 0) is 6.54 Å². The monoisotopic (exact) mass is 227 g/mol. The minimum atomic E-state index is 0.871. The fourth-order valence-corrected chi connectivity index (χ4v) is 2.41. The highest BCUT2D eigenvalue weighted by molar-refractivity contribution is 7.10. The summed E-state index contributed by atoms with van der Waals surface area (Å²) in [5.41, 5.74) is 3.62. The molecule has 0 atom stereocenters. The molecular formula is C9H17N5S. The predicted molar refractivity (Wildman–Crippen MR) is 61.5 cm³/mol. The molecule has 6 heteroatoms. The molecular weight excluding hydrogens is 210 g/mol. The van der Waals surface area contributed by atoms with Crippen LogP contribution in [0.25, 0.3) is 0 Å². The molecule has 1 fully saturated rings. The number of hydrogen-bond donors (Lipinski definition) is 2. The predicted octanol–water partition coefficient (Wildman–Crippen LogP) is 1.20. The van der Waals surface area contributed by atoms with Gasteiger partial charge in [0.2, 0.25) is 0 Å². The lowest BCUT2D eigenvalue weighted by Crippen LogP contribution is -2.25. The average molecular weight is 227 g/mol. The molecule has 0 unspecified atom stereocenters. The van der Waals surface area contributed by atoms with Gasteiger partial charge in [-0.1, -0.05) is 17.3 Å². The molecule has 0 aromatic carbocycles. The molecule has 1 aliphatic heterocycles. The van der Waals surface area contributed by atoms with Crippen LogP contribution in [0.4, 0.5) is 5.00 Å². The van der Waals surface area contributed by atoms with E-state index in [9.17, 15) is 0 Å². The van der Waals surface area contributed by atoms with Crippen molar-refractivity contribution < 1.29 is 0 Å². The fourth-order valence-electron chi connectivity index (χ4n) is 1.93. The summed E-state index contributed by atoms with van der Waals surface area (Å²) < 4.78 is 3.90. The van der Waals surface area contributed by atoms with E-state index in [2.05, 4.69) is 19.9 Å². The number of rotatable bonds is 3. The lowest BCUT2D eigenvalue weighted by Gasteiger charge is -2.18. The van der Waals surface area contributed by atoms with Gasteiger partial charge in [-0.05, 0) is 25.9 Å². The molecule has 2 heterocycles. The Kier molecular flexibility index (Phi) is 3.87. The van der Waals surface area contributed by atoms with Gasteiger partial charge in [0.1, 0.15) is 10.7 Å². The van der Waals surface area contributed by atoms with E-state index in [1.165, 1.54) is 50.3 Å². The highest BCUT2D eigenvalue weighted by Gasteiger charge is 2.13. The molecule has 1 aliphatic rings. The van der Waals surface area contributed by atoms with Crippen LogP contribution in [0.2, 0.25) is 0 Å². The van der Waals surface area contributed by atoms with Crippen LogP contribution in [0.1, 0.15) is 31.4 Å². The van der Waals surface area contributed by atoms with Gasteiger partial charge in [0.05, 0.1) is 0 Å². The normalized spacial score (nSPS) is 18.7. The summed E-state index contributed by atoms with van der Waals surface area (Å²) in [6.45, 7) is 3.21. The highest BCUT2D eigenvalue weighted by Crippen LogP contribution is 2.19. The first kappa shape index (κ1) is 10.8. The lowest BCUT2D eigenvalue weighted by molar-refractivity contribution is 0.274. The van der Waals surface area contributed by atoms with Crippen LogP contribution in [0.15, 0.2) is 0 Å². The van der Waals surface area contributed by atoms with E-state index < -0.39 is 0 Å². The molecule has 0 amide bonds. The lowest BCUT2D eigenvalue weighted by atomic mass is 10.2. The smallest absolute Gasteiger partial charge is 0.148 e. The summed E-state index contributed by atoms with van der Waals surface area (Å²) in [5.74, 6) is 5.39. The van der Waals surface area contributed by atoms with Crippen molar-refractivity contribution in [3.8, 4) is 0 Å². The Morgan fingerprint density at radius 1 is 1.27 bits per heavy atom. The zero-order valence-electron chi connectivity index (χ0n) is 8.78. The molecule has 1 aromatic rings. The van der Waals surface area contributed by atoms with E-state index in [0.717, 1.165) is 17.2 Å². The maximum absolute atomic E-state index is 5.39. The van der Waals surface area contributed by atoms with Gasteiger partial charge in [-0.2, -0.15) is 0 Å². The van der Waals surface area contributed by atoms with Gasteiger partial charge in [0.15, 0.2) is 0 Å². The van der Waals surface area contributed by atoms with Crippen molar-refractivity contribution in [2.45, 2.75) is 32.2 Å². The third kappa shape index (κ3) is 2.87. The van der Waals surface area contributed by atoms with Crippen molar-refractivity contribution in [3.63, 3.8) is 0 Å². The number of likely N-dealkylation sites (tertiary alicyclic amines) is 1. The highest BCUT2D eigenvalue weighted by atomic mass is 32.1. The van der Waals surface area contributed by atoms with E-state index in [0.29, 0.717) is 0 Å². The number of nitrogen functional groups attached to an aromatic ring is 1. The third-order valence-electron chi connectivity index (χ3n) is 2.76. The van der Waals surface area contributed by atoms with E-state index >= 15 is 0 Å². The summed E-state index contributed by atoms with van der Waals surface area (Å²) in [6.07, 6.45) is 5.30. The number of aromatic nitrogens is 2. The Hall–Kier alpha value is -0.720. The number of nitrogens with zero attached hydrogens (tertiary/aromatic N) is 3.